The molecule has 2 aromatic rings. The molecule has 2 rings (SSSR count). The molecule has 102 valence electrons. The first kappa shape index (κ1) is 14.4. The normalized spacial score (nSPS) is 10.8. The molecule has 0 heterocycles. The van der Waals surface area contributed by atoms with Crippen LogP contribution in [-0.2, 0) is 4.79 Å². The van der Waals surface area contributed by atoms with E-state index in [1.807, 2.05) is 50.2 Å². The molecule has 0 atom stereocenters. The van der Waals surface area contributed by atoms with Gasteiger partial charge in [0.05, 0.1) is 0 Å². The molecule has 0 unspecified atom stereocenters. The first-order valence-electron chi connectivity index (χ1n) is 6.38. The molecule has 2 aromatic carbocycles. The number of aryl methyl sites for hydroxylation is 2. The van der Waals surface area contributed by atoms with E-state index in [4.69, 9.17) is 11.6 Å². The monoisotopic (exact) mass is 285 g/mol. The van der Waals surface area contributed by atoms with Crippen LogP contribution in [0.2, 0.25) is 5.02 Å². The van der Waals surface area contributed by atoms with Crippen LogP contribution in [0.15, 0.2) is 48.5 Å². The van der Waals surface area contributed by atoms with Gasteiger partial charge in [0.1, 0.15) is 0 Å². The molecule has 0 aromatic heterocycles. The minimum atomic E-state index is -0.165. The third kappa shape index (κ3) is 3.49. The molecule has 0 aliphatic rings. The maximum Gasteiger partial charge on any atom is 0.248 e. The van der Waals surface area contributed by atoms with E-state index in [0.29, 0.717) is 5.02 Å². The van der Waals surface area contributed by atoms with Crippen molar-refractivity contribution in [3.63, 3.8) is 0 Å². The summed E-state index contributed by atoms with van der Waals surface area (Å²) in [7, 11) is 0. The fourth-order valence-electron chi connectivity index (χ4n) is 1.95. The molecule has 0 saturated carbocycles. The van der Waals surface area contributed by atoms with Gasteiger partial charge in [-0.2, -0.15) is 0 Å². The second-order valence-corrected chi connectivity index (χ2v) is 5.02. The van der Waals surface area contributed by atoms with Gasteiger partial charge in [0.15, 0.2) is 0 Å². The summed E-state index contributed by atoms with van der Waals surface area (Å²) in [6.45, 7) is 3.95. The van der Waals surface area contributed by atoms with E-state index >= 15 is 0 Å². The van der Waals surface area contributed by atoms with Crippen molar-refractivity contribution in [3.8, 4) is 0 Å². The van der Waals surface area contributed by atoms with E-state index in [9.17, 15) is 4.79 Å². The highest BCUT2D eigenvalue weighted by Crippen LogP contribution is 2.20. The molecule has 0 aliphatic carbocycles. The highest BCUT2D eigenvalue weighted by molar-refractivity contribution is 6.32. The Morgan fingerprint density at radius 3 is 2.35 bits per heavy atom. The molecule has 0 aliphatic heterocycles. The number of amides is 1. The zero-order valence-corrected chi connectivity index (χ0v) is 12.2. The molecule has 3 heteroatoms. The summed E-state index contributed by atoms with van der Waals surface area (Å²) in [5, 5.41) is 3.53. The maximum absolute atomic E-state index is 12.0. The third-order valence-corrected chi connectivity index (χ3v) is 3.39. The summed E-state index contributed by atoms with van der Waals surface area (Å²) in [5.41, 5.74) is 3.78. The number of nitrogens with one attached hydrogen (secondary N) is 1. The summed E-state index contributed by atoms with van der Waals surface area (Å²) < 4.78 is 0. The molecule has 2 nitrogen and oxygen atoms in total. The van der Waals surface area contributed by atoms with E-state index in [1.54, 1.807) is 12.1 Å². The number of halogens is 1. The lowest BCUT2D eigenvalue weighted by Gasteiger charge is -2.09. The van der Waals surface area contributed by atoms with Gasteiger partial charge in [-0.1, -0.05) is 48.0 Å². The average Bonchev–Trinajstić information content (AvgIpc) is 2.42. The maximum atomic E-state index is 12.0. The van der Waals surface area contributed by atoms with Gasteiger partial charge in [-0.15, -0.1) is 0 Å². The van der Waals surface area contributed by atoms with E-state index < -0.39 is 0 Å². The molecular formula is C17H16ClNO. The van der Waals surface area contributed by atoms with Crippen LogP contribution in [0.25, 0.3) is 6.08 Å². The summed E-state index contributed by atoms with van der Waals surface area (Å²) in [4.78, 5) is 12.0. The zero-order valence-electron chi connectivity index (χ0n) is 11.5. The Hall–Kier alpha value is -2.06. The number of benzene rings is 2. The van der Waals surface area contributed by atoms with Gasteiger partial charge >= 0.3 is 0 Å². The second kappa shape index (κ2) is 6.40. The smallest absolute Gasteiger partial charge is 0.248 e. The van der Waals surface area contributed by atoms with Crippen LogP contribution in [0, 0.1) is 13.8 Å². The van der Waals surface area contributed by atoms with Crippen LogP contribution >= 0.6 is 11.6 Å². The van der Waals surface area contributed by atoms with Gasteiger partial charge in [0.25, 0.3) is 0 Å². The summed E-state index contributed by atoms with van der Waals surface area (Å²) in [5.74, 6) is -0.165. The minimum absolute atomic E-state index is 0.165. The Morgan fingerprint density at radius 2 is 1.70 bits per heavy atom. The minimum Gasteiger partial charge on any atom is -0.322 e. The molecular weight excluding hydrogens is 270 g/mol. The number of rotatable bonds is 3. The Kier molecular flexibility index (Phi) is 4.59. The van der Waals surface area contributed by atoms with Gasteiger partial charge in [-0.05, 0) is 42.7 Å². The predicted molar refractivity (Wildman–Crippen MR) is 85.0 cm³/mol. The Bertz CT molecular complexity index is 642. The predicted octanol–water partition coefficient (Wildman–Crippen LogP) is 4.61. The molecule has 0 fully saturated rings. The third-order valence-electron chi connectivity index (χ3n) is 3.05. The summed E-state index contributed by atoms with van der Waals surface area (Å²) in [6.07, 6.45) is 3.21. The van der Waals surface area contributed by atoms with Crippen molar-refractivity contribution in [1.82, 2.24) is 0 Å². The largest absolute Gasteiger partial charge is 0.322 e. The van der Waals surface area contributed by atoms with E-state index in [1.165, 1.54) is 6.08 Å². The Balaban J connectivity index is 2.12. The number of carbonyl (C=O) groups excluding carboxylic acids is 1. The number of hydrogen-bond acceptors (Lipinski definition) is 1. The Labute approximate surface area is 124 Å². The topological polar surface area (TPSA) is 29.1 Å². The van der Waals surface area contributed by atoms with Crippen LogP contribution in [0.3, 0.4) is 0 Å². The highest BCUT2D eigenvalue weighted by Gasteiger charge is 2.04. The lowest BCUT2D eigenvalue weighted by atomic mass is 10.1. The van der Waals surface area contributed by atoms with Gasteiger partial charge in [-0.3, -0.25) is 4.79 Å². The highest BCUT2D eigenvalue weighted by atomic mass is 35.5. The van der Waals surface area contributed by atoms with Crippen molar-refractivity contribution in [2.75, 3.05) is 5.32 Å². The Morgan fingerprint density at radius 1 is 1.05 bits per heavy atom. The fraction of sp³-hybridized carbons (Fsp3) is 0.118. The van der Waals surface area contributed by atoms with Crippen molar-refractivity contribution < 1.29 is 4.79 Å². The first-order valence-corrected chi connectivity index (χ1v) is 6.75. The van der Waals surface area contributed by atoms with Gasteiger partial charge in [0.2, 0.25) is 5.91 Å². The molecule has 20 heavy (non-hydrogen) atoms. The van der Waals surface area contributed by atoms with Crippen LogP contribution in [0.5, 0.6) is 0 Å². The molecule has 0 radical (unpaired) electrons. The molecule has 1 N–H and O–H groups in total. The van der Waals surface area contributed by atoms with Gasteiger partial charge in [-0.25, -0.2) is 0 Å². The van der Waals surface area contributed by atoms with Crippen LogP contribution in [0.1, 0.15) is 16.7 Å². The quantitative estimate of drug-likeness (QED) is 0.820. The van der Waals surface area contributed by atoms with E-state index in [2.05, 4.69) is 5.32 Å². The lowest BCUT2D eigenvalue weighted by molar-refractivity contribution is -0.111. The zero-order chi connectivity index (χ0) is 14.5. The molecule has 0 saturated heterocycles. The number of para-hydroxylation sites is 1. The van der Waals surface area contributed by atoms with Crippen LogP contribution in [-0.4, -0.2) is 5.91 Å². The van der Waals surface area contributed by atoms with Crippen molar-refractivity contribution in [2.45, 2.75) is 13.8 Å². The van der Waals surface area contributed by atoms with Gasteiger partial charge in [0, 0.05) is 16.8 Å². The van der Waals surface area contributed by atoms with Crippen molar-refractivity contribution in [3.05, 3.63) is 70.3 Å². The molecule has 0 bridgehead atoms. The van der Waals surface area contributed by atoms with E-state index in [0.717, 1.165) is 22.4 Å². The lowest BCUT2D eigenvalue weighted by Crippen LogP contribution is -2.10. The molecule has 1 amide bonds. The standard InChI is InChI=1S/C17H16ClNO/c1-12-6-5-7-13(2)17(12)19-16(20)11-10-14-8-3-4-9-15(14)18/h3-11H,1-2H3,(H,19,20)/b11-10+. The second-order valence-electron chi connectivity index (χ2n) is 4.61. The van der Waals surface area contributed by atoms with Crippen LogP contribution < -0.4 is 5.32 Å². The fourth-order valence-corrected chi connectivity index (χ4v) is 2.15. The summed E-state index contributed by atoms with van der Waals surface area (Å²) >= 11 is 6.04. The van der Waals surface area contributed by atoms with Gasteiger partial charge < -0.3 is 5.32 Å². The molecule has 0 spiro atoms. The number of anilines is 1. The number of carbonyl (C=O) groups is 1. The number of hydrogen-bond donors (Lipinski definition) is 1. The van der Waals surface area contributed by atoms with E-state index in [-0.39, 0.29) is 5.91 Å². The summed E-state index contributed by atoms with van der Waals surface area (Å²) in [6, 6.07) is 13.3. The van der Waals surface area contributed by atoms with Crippen molar-refractivity contribution in [1.29, 1.82) is 0 Å². The van der Waals surface area contributed by atoms with Crippen molar-refractivity contribution >= 4 is 29.3 Å². The first-order chi connectivity index (χ1) is 9.58. The van der Waals surface area contributed by atoms with Crippen molar-refractivity contribution in [2.24, 2.45) is 0 Å². The SMILES string of the molecule is Cc1cccc(C)c1NC(=O)/C=C/c1ccccc1Cl. The average molecular weight is 286 g/mol. The van der Waals surface area contributed by atoms with Crippen LogP contribution in [0.4, 0.5) is 5.69 Å².